The Kier molecular flexibility index (Phi) is 4.80. The molecule has 1 atom stereocenters. The SMILES string of the molecule is O=C(NCC(c1ccccc1Cl)N1CCCC1)c1ccoc1. The number of benzene rings is 1. The van der Waals surface area contributed by atoms with Gasteiger partial charge in [0.15, 0.2) is 0 Å². The van der Waals surface area contributed by atoms with Crippen molar-refractivity contribution in [3.8, 4) is 0 Å². The molecule has 0 spiro atoms. The summed E-state index contributed by atoms with van der Waals surface area (Å²) in [6.07, 6.45) is 5.34. The third-order valence-electron chi connectivity index (χ3n) is 4.08. The van der Waals surface area contributed by atoms with E-state index >= 15 is 0 Å². The molecule has 22 heavy (non-hydrogen) atoms. The molecule has 2 heterocycles. The lowest BCUT2D eigenvalue weighted by molar-refractivity contribution is 0.0937. The normalized spacial score (nSPS) is 16.6. The molecule has 0 saturated carbocycles. The number of rotatable bonds is 5. The number of carbonyl (C=O) groups is 1. The van der Waals surface area contributed by atoms with Crippen LogP contribution in [0.3, 0.4) is 0 Å². The van der Waals surface area contributed by atoms with Gasteiger partial charge in [-0.2, -0.15) is 0 Å². The fraction of sp³-hybridized carbons (Fsp3) is 0.353. The summed E-state index contributed by atoms with van der Waals surface area (Å²) in [6, 6.07) is 9.62. The fourth-order valence-electron chi connectivity index (χ4n) is 2.92. The van der Waals surface area contributed by atoms with Gasteiger partial charge in [-0.3, -0.25) is 9.69 Å². The van der Waals surface area contributed by atoms with E-state index in [1.54, 1.807) is 6.07 Å². The summed E-state index contributed by atoms with van der Waals surface area (Å²) in [5.74, 6) is -0.120. The van der Waals surface area contributed by atoms with E-state index < -0.39 is 0 Å². The van der Waals surface area contributed by atoms with Crippen LogP contribution in [-0.4, -0.2) is 30.4 Å². The van der Waals surface area contributed by atoms with Gasteiger partial charge in [0, 0.05) is 11.6 Å². The Morgan fingerprint density at radius 3 is 2.73 bits per heavy atom. The Hall–Kier alpha value is -1.78. The predicted molar refractivity (Wildman–Crippen MR) is 86.0 cm³/mol. The van der Waals surface area contributed by atoms with E-state index in [0.717, 1.165) is 23.7 Å². The first-order chi connectivity index (χ1) is 10.8. The summed E-state index contributed by atoms with van der Waals surface area (Å²) < 4.78 is 4.95. The zero-order chi connectivity index (χ0) is 15.4. The second-order valence-electron chi connectivity index (χ2n) is 5.50. The Morgan fingerprint density at radius 2 is 2.05 bits per heavy atom. The van der Waals surface area contributed by atoms with Crippen molar-refractivity contribution in [3.63, 3.8) is 0 Å². The number of likely N-dealkylation sites (tertiary alicyclic amines) is 1. The molecule has 1 unspecified atom stereocenters. The van der Waals surface area contributed by atoms with Crippen LogP contribution in [0.5, 0.6) is 0 Å². The number of halogens is 1. The van der Waals surface area contributed by atoms with Crippen LogP contribution < -0.4 is 5.32 Å². The van der Waals surface area contributed by atoms with Gasteiger partial charge in [0.25, 0.3) is 5.91 Å². The molecule has 116 valence electrons. The van der Waals surface area contributed by atoms with Crippen LogP contribution in [0.1, 0.15) is 34.8 Å². The van der Waals surface area contributed by atoms with Gasteiger partial charge in [0.1, 0.15) is 6.26 Å². The lowest BCUT2D eigenvalue weighted by Crippen LogP contribution is -2.36. The van der Waals surface area contributed by atoms with E-state index in [-0.39, 0.29) is 11.9 Å². The first kappa shape index (κ1) is 15.1. The average molecular weight is 319 g/mol. The van der Waals surface area contributed by atoms with E-state index in [1.807, 2.05) is 24.3 Å². The average Bonchev–Trinajstić information content (AvgIpc) is 3.22. The van der Waals surface area contributed by atoms with Crippen LogP contribution in [0.25, 0.3) is 0 Å². The van der Waals surface area contributed by atoms with Gasteiger partial charge in [-0.15, -0.1) is 0 Å². The van der Waals surface area contributed by atoms with Gasteiger partial charge in [-0.05, 0) is 43.6 Å². The van der Waals surface area contributed by atoms with Crippen LogP contribution in [0.4, 0.5) is 0 Å². The second kappa shape index (κ2) is 6.99. The van der Waals surface area contributed by atoms with Gasteiger partial charge in [0.2, 0.25) is 0 Å². The number of furan rings is 1. The topological polar surface area (TPSA) is 45.5 Å². The first-order valence-corrected chi connectivity index (χ1v) is 7.92. The standard InChI is InChI=1S/C17H19ClN2O2/c18-15-6-2-1-5-14(15)16(20-8-3-4-9-20)11-19-17(21)13-7-10-22-12-13/h1-2,5-7,10,12,16H,3-4,8-9,11H2,(H,19,21). The summed E-state index contributed by atoms with van der Waals surface area (Å²) in [6.45, 7) is 2.61. The number of hydrogen-bond acceptors (Lipinski definition) is 3. The largest absolute Gasteiger partial charge is 0.472 e. The Morgan fingerprint density at radius 1 is 1.27 bits per heavy atom. The maximum atomic E-state index is 12.1. The lowest BCUT2D eigenvalue weighted by atomic mass is 10.1. The van der Waals surface area contributed by atoms with Gasteiger partial charge < -0.3 is 9.73 Å². The van der Waals surface area contributed by atoms with Crippen molar-refractivity contribution in [2.45, 2.75) is 18.9 Å². The quantitative estimate of drug-likeness (QED) is 0.917. The van der Waals surface area contributed by atoms with E-state index in [0.29, 0.717) is 12.1 Å². The van der Waals surface area contributed by atoms with E-state index in [4.69, 9.17) is 16.0 Å². The fourth-order valence-corrected chi connectivity index (χ4v) is 3.18. The van der Waals surface area contributed by atoms with Crippen LogP contribution in [0.2, 0.25) is 5.02 Å². The van der Waals surface area contributed by atoms with Crippen molar-refractivity contribution in [2.75, 3.05) is 19.6 Å². The minimum atomic E-state index is -0.120. The minimum Gasteiger partial charge on any atom is -0.472 e. The molecule has 1 aliphatic rings. The molecule has 1 aromatic heterocycles. The molecule has 1 amide bonds. The summed E-state index contributed by atoms with van der Waals surface area (Å²) in [7, 11) is 0. The van der Waals surface area contributed by atoms with E-state index in [1.165, 1.54) is 25.4 Å². The molecule has 1 saturated heterocycles. The Bertz CT molecular complexity index is 621. The van der Waals surface area contributed by atoms with Gasteiger partial charge in [0.05, 0.1) is 17.9 Å². The lowest BCUT2D eigenvalue weighted by Gasteiger charge is -2.28. The van der Waals surface area contributed by atoms with Crippen molar-refractivity contribution < 1.29 is 9.21 Å². The number of amides is 1. The van der Waals surface area contributed by atoms with Crippen molar-refractivity contribution in [1.82, 2.24) is 10.2 Å². The van der Waals surface area contributed by atoms with Crippen molar-refractivity contribution in [2.24, 2.45) is 0 Å². The molecule has 3 rings (SSSR count). The molecule has 1 N–H and O–H groups in total. The zero-order valence-electron chi connectivity index (χ0n) is 12.3. The highest BCUT2D eigenvalue weighted by molar-refractivity contribution is 6.31. The smallest absolute Gasteiger partial charge is 0.254 e. The Balaban J connectivity index is 1.74. The molecule has 2 aromatic rings. The molecule has 0 bridgehead atoms. The Labute approximate surface area is 135 Å². The molecule has 5 heteroatoms. The molecular weight excluding hydrogens is 300 g/mol. The first-order valence-electron chi connectivity index (χ1n) is 7.54. The molecular formula is C17H19ClN2O2. The third-order valence-corrected chi connectivity index (χ3v) is 4.43. The molecule has 1 aromatic carbocycles. The van der Waals surface area contributed by atoms with Crippen LogP contribution in [0, 0.1) is 0 Å². The van der Waals surface area contributed by atoms with Crippen LogP contribution in [0.15, 0.2) is 47.3 Å². The van der Waals surface area contributed by atoms with Crippen LogP contribution in [-0.2, 0) is 0 Å². The number of nitrogens with zero attached hydrogens (tertiary/aromatic N) is 1. The van der Waals surface area contributed by atoms with Crippen molar-refractivity contribution >= 4 is 17.5 Å². The maximum absolute atomic E-state index is 12.1. The van der Waals surface area contributed by atoms with Crippen LogP contribution >= 0.6 is 11.6 Å². The highest BCUT2D eigenvalue weighted by Gasteiger charge is 2.25. The van der Waals surface area contributed by atoms with Crippen molar-refractivity contribution in [1.29, 1.82) is 0 Å². The van der Waals surface area contributed by atoms with E-state index in [2.05, 4.69) is 10.2 Å². The summed E-state index contributed by atoms with van der Waals surface area (Å²) in [4.78, 5) is 14.5. The molecule has 1 aliphatic heterocycles. The zero-order valence-corrected chi connectivity index (χ0v) is 13.1. The predicted octanol–water partition coefficient (Wildman–Crippen LogP) is 3.50. The molecule has 1 fully saturated rings. The summed E-state index contributed by atoms with van der Waals surface area (Å²) in [5, 5.41) is 3.74. The van der Waals surface area contributed by atoms with Gasteiger partial charge in [-0.1, -0.05) is 29.8 Å². The summed E-state index contributed by atoms with van der Waals surface area (Å²) in [5.41, 5.74) is 1.61. The number of nitrogens with one attached hydrogen (secondary N) is 1. The minimum absolute atomic E-state index is 0.104. The second-order valence-corrected chi connectivity index (χ2v) is 5.91. The maximum Gasteiger partial charge on any atom is 0.254 e. The molecule has 0 aliphatic carbocycles. The van der Waals surface area contributed by atoms with Gasteiger partial charge >= 0.3 is 0 Å². The third kappa shape index (κ3) is 3.34. The summed E-state index contributed by atoms with van der Waals surface area (Å²) >= 11 is 6.36. The highest BCUT2D eigenvalue weighted by atomic mass is 35.5. The molecule has 4 nitrogen and oxygen atoms in total. The van der Waals surface area contributed by atoms with Crippen molar-refractivity contribution in [3.05, 3.63) is 59.0 Å². The van der Waals surface area contributed by atoms with E-state index in [9.17, 15) is 4.79 Å². The highest BCUT2D eigenvalue weighted by Crippen LogP contribution is 2.29. The van der Waals surface area contributed by atoms with Gasteiger partial charge in [-0.25, -0.2) is 0 Å². The number of hydrogen-bond donors (Lipinski definition) is 1. The monoisotopic (exact) mass is 318 g/mol. The number of carbonyl (C=O) groups excluding carboxylic acids is 1. The molecule has 0 radical (unpaired) electrons.